The lowest BCUT2D eigenvalue weighted by Crippen LogP contribution is -1.96. The second-order valence-electron chi connectivity index (χ2n) is 2.60. The van der Waals surface area contributed by atoms with Crippen LogP contribution in [-0.2, 0) is 11.2 Å². The molecule has 3 heteroatoms. The van der Waals surface area contributed by atoms with Crippen LogP contribution in [0.4, 0.5) is 0 Å². The Hall–Kier alpha value is -0.830. The van der Waals surface area contributed by atoms with Crippen LogP contribution in [0.15, 0.2) is 17.0 Å². The standard InChI is InChI=1S/C9H14NO2/c1-2-5-11-6-3-4-9-7-10-12-8-9/h7-8H,1-6H2. The molecule has 0 saturated heterocycles. The van der Waals surface area contributed by atoms with Gasteiger partial charge < -0.3 is 9.26 Å². The van der Waals surface area contributed by atoms with Crippen molar-refractivity contribution in [1.82, 2.24) is 5.16 Å². The summed E-state index contributed by atoms with van der Waals surface area (Å²) in [5, 5.41) is 3.61. The Morgan fingerprint density at radius 1 is 1.50 bits per heavy atom. The molecule has 1 rings (SSSR count). The molecule has 0 bridgehead atoms. The van der Waals surface area contributed by atoms with E-state index in [1.165, 1.54) is 0 Å². The van der Waals surface area contributed by atoms with Crippen LogP contribution in [0.3, 0.4) is 0 Å². The van der Waals surface area contributed by atoms with Crippen molar-refractivity contribution in [2.75, 3.05) is 13.2 Å². The predicted molar refractivity (Wildman–Crippen MR) is 45.6 cm³/mol. The second-order valence-corrected chi connectivity index (χ2v) is 2.60. The molecule has 1 aromatic heterocycles. The molecule has 0 aliphatic carbocycles. The Labute approximate surface area is 72.7 Å². The Morgan fingerprint density at radius 2 is 2.42 bits per heavy atom. The van der Waals surface area contributed by atoms with E-state index < -0.39 is 0 Å². The predicted octanol–water partition coefficient (Wildman–Crippen LogP) is 1.85. The van der Waals surface area contributed by atoms with E-state index in [4.69, 9.17) is 9.26 Å². The number of aryl methyl sites for hydroxylation is 1. The molecule has 0 aliphatic heterocycles. The number of hydrogen-bond acceptors (Lipinski definition) is 3. The molecule has 0 amide bonds. The molecule has 0 aliphatic rings. The molecule has 0 unspecified atom stereocenters. The Kier molecular flexibility index (Phi) is 4.46. The van der Waals surface area contributed by atoms with Crippen LogP contribution >= 0.6 is 0 Å². The number of ether oxygens (including phenoxy) is 1. The number of rotatable bonds is 6. The van der Waals surface area contributed by atoms with Crippen molar-refractivity contribution in [2.45, 2.75) is 19.3 Å². The van der Waals surface area contributed by atoms with Gasteiger partial charge in [-0.05, 0) is 19.3 Å². The first-order chi connectivity index (χ1) is 5.93. The summed E-state index contributed by atoms with van der Waals surface area (Å²) in [6.45, 7) is 5.23. The summed E-state index contributed by atoms with van der Waals surface area (Å²) in [7, 11) is 0. The molecule has 0 fully saturated rings. The van der Waals surface area contributed by atoms with Gasteiger partial charge in [-0.2, -0.15) is 0 Å². The topological polar surface area (TPSA) is 35.3 Å². The fourth-order valence-electron chi connectivity index (χ4n) is 0.933. The minimum Gasteiger partial charge on any atom is -0.381 e. The average molecular weight is 168 g/mol. The molecule has 12 heavy (non-hydrogen) atoms. The summed E-state index contributed by atoms with van der Waals surface area (Å²) in [4.78, 5) is 0. The van der Waals surface area contributed by atoms with E-state index in [1.54, 1.807) is 12.5 Å². The summed E-state index contributed by atoms with van der Waals surface area (Å²) in [5.41, 5.74) is 1.13. The number of aromatic nitrogens is 1. The highest BCUT2D eigenvalue weighted by molar-refractivity contribution is 4.99. The van der Waals surface area contributed by atoms with E-state index in [2.05, 4.69) is 12.1 Å². The second kappa shape index (κ2) is 5.77. The fourth-order valence-corrected chi connectivity index (χ4v) is 0.933. The van der Waals surface area contributed by atoms with E-state index in [0.29, 0.717) is 0 Å². The molecule has 3 nitrogen and oxygen atoms in total. The maximum absolute atomic E-state index is 5.27. The van der Waals surface area contributed by atoms with Gasteiger partial charge in [0.15, 0.2) is 0 Å². The molecular formula is C9H14NO2. The van der Waals surface area contributed by atoms with Crippen LogP contribution in [0.25, 0.3) is 0 Å². The monoisotopic (exact) mass is 168 g/mol. The van der Waals surface area contributed by atoms with Crippen molar-refractivity contribution >= 4 is 0 Å². The van der Waals surface area contributed by atoms with Gasteiger partial charge in [0, 0.05) is 18.8 Å². The minimum atomic E-state index is 0.754. The van der Waals surface area contributed by atoms with E-state index in [1.807, 2.05) is 0 Å². The third kappa shape index (κ3) is 3.53. The molecule has 0 atom stereocenters. The van der Waals surface area contributed by atoms with E-state index >= 15 is 0 Å². The fraction of sp³-hybridized carbons (Fsp3) is 0.556. The van der Waals surface area contributed by atoms with Gasteiger partial charge in [-0.3, -0.25) is 0 Å². The highest BCUT2D eigenvalue weighted by atomic mass is 16.5. The lowest BCUT2D eigenvalue weighted by Gasteiger charge is -1.99. The van der Waals surface area contributed by atoms with Crippen LogP contribution in [0, 0.1) is 6.92 Å². The first-order valence-electron chi connectivity index (χ1n) is 4.18. The maximum atomic E-state index is 5.27. The highest BCUT2D eigenvalue weighted by Gasteiger charge is 1.94. The van der Waals surface area contributed by atoms with Gasteiger partial charge in [-0.15, -0.1) is 0 Å². The third-order valence-electron chi connectivity index (χ3n) is 1.53. The zero-order chi connectivity index (χ0) is 8.65. The van der Waals surface area contributed by atoms with Crippen LogP contribution in [0.2, 0.25) is 0 Å². The molecule has 0 N–H and O–H groups in total. The lowest BCUT2D eigenvalue weighted by atomic mass is 10.2. The molecule has 67 valence electrons. The summed E-state index contributed by atoms with van der Waals surface area (Å²) >= 11 is 0. The van der Waals surface area contributed by atoms with E-state index in [9.17, 15) is 0 Å². The van der Waals surface area contributed by atoms with Crippen LogP contribution < -0.4 is 0 Å². The van der Waals surface area contributed by atoms with Crippen LogP contribution in [0.1, 0.15) is 18.4 Å². The Balaban J connectivity index is 1.96. The molecule has 1 heterocycles. The lowest BCUT2D eigenvalue weighted by molar-refractivity contribution is 0.136. The smallest absolute Gasteiger partial charge is 0.126 e. The summed E-state index contributed by atoms with van der Waals surface area (Å²) in [6.07, 6.45) is 6.23. The Bertz CT molecular complexity index is 184. The van der Waals surface area contributed by atoms with Crippen molar-refractivity contribution in [2.24, 2.45) is 0 Å². The molecule has 0 saturated carbocycles. The third-order valence-corrected chi connectivity index (χ3v) is 1.53. The minimum absolute atomic E-state index is 0.754. The first kappa shape index (κ1) is 9.26. The van der Waals surface area contributed by atoms with Crippen molar-refractivity contribution in [3.63, 3.8) is 0 Å². The largest absolute Gasteiger partial charge is 0.381 e. The average Bonchev–Trinajstić information content (AvgIpc) is 2.57. The van der Waals surface area contributed by atoms with Crippen LogP contribution in [-0.4, -0.2) is 18.4 Å². The van der Waals surface area contributed by atoms with Gasteiger partial charge in [0.05, 0.1) is 6.20 Å². The van der Waals surface area contributed by atoms with Gasteiger partial charge in [0.1, 0.15) is 6.26 Å². The van der Waals surface area contributed by atoms with E-state index in [0.717, 1.165) is 38.0 Å². The molecular weight excluding hydrogens is 154 g/mol. The normalized spacial score (nSPS) is 10.4. The molecule has 0 aromatic carbocycles. The summed E-state index contributed by atoms with van der Waals surface area (Å²) in [5.74, 6) is 0. The van der Waals surface area contributed by atoms with Gasteiger partial charge in [0.25, 0.3) is 0 Å². The first-order valence-corrected chi connectivity index (χ1v) is 4.18. The van der Waals surface area contributed by atoms with E-state index in [-0.39, 0.29) is 0 Å². The number of hydrogen-bond donors (Lipinski definition) is 0. The van der Waals surface area contributed by atoms with Gasteiger partial charge in [-0.1, -0.05) is 12.1 Å². The maximum Gasteiger partial charge on any atom is 0.126 e. The quantitative estimate of drug-likeness (QED) is 0.608. The van der Waals surface area contributed by atoms with Crippen LogP contribution in [0.5, 0.6) is 0 Å². The summed E-state index contributed by atoms with van der Waals surface area (Å²) in [6, 6.07) is 0. The molecule has 1 aromatic rings. The summed E-state index contributed by atoms with van der Waals surface area (Å²) < 4.78 is 9.96. The zero-order valence-corrected chi connectivity index (χ0v) is 7.16. The van der Waals surface area contributed by atoms with Crippen molar-refractivity contribution in [3.8, 4) is 0 Å². The zero-order valence-electron chi connectivity index (χ0n) is 7.16. The van der Waals surface area contributed by atoms with Crippen molar-refractivity contribution < 1.29 is 9.26 Å². The van der Waals surface area contributed by atoms with Crippen molar-refractivity contribution in [1.29, 1.82) is 0 Å². The molecule has 1 radical (unpaired) electrons. The van der Waals surface area contributed by atoms with Gasteiger partial charge >= 0.3 is 0 Å². The molecule has 0 spiro atoms. The van der Waals surface area contributed by atoms with Gasteiger partial charge in [0.2, 0.25) is 0 Å². The SMILES string of the molecule is [CH2]CCOCCCc1cnoc1. The highest BCUT2D eigenvalue weighted by Crippen LogP contribution is 2.00. The number of nitrogens with zero attached hydrogens (tertiary/aromatic N) is 1. The van der Waals surface area contributed by atoms with Gasteiger partial charge in [-0.25, -0.2) is 0 Å². The Morgan fingerprint density at radius 3 is 3.08 bits per heavy atom. The van der Waals surface area contributed by atoms with Crippen molar-refractivity contribution in [3.05, 3.63) is 24.9 Å².